The van der Waals surface area contributed by atoms with Gasteiger partial charge in [-0.3, -0.25) is 0 Å². The molecule has 5 nitrogen and oxygen atoms in total. The van der Waals surface area contributed by atoms with Crippen LogP contribution in [-0.4, -0.2) is 31.3 Å². The van der Waals surface area contributed by atoms with Crippen LogP contribution >= 0.6 is 0 Å². The lowest BCUT2D eigenvalue weighted by atomic mass is 9.99. The van der Waals surface area contributed by atoms with Gasteiger partial charge in [0.1, 0.15) is 19.0 Å². The average Bonchev–Trinajstić information content (AvgIpc) is 2.93. The van der Waals surface area contributed by atoms with E-state index in [1.54, 1.807) is 12.2 Å². The molecule has 0 heterocycles. The molecule has 3 aromatic carbocycles. The Hall–Kier alpha value is -4.12. The molecule has 5 heteroatoms. The summed E-state index contributed by atoms with van der Waals surface area (Å²) >= 11 is 0. The van der Waals surface area contributed by atoms with Crippen molar-refractivity contribution in [1.82, 2.24) is 0 Å². The van der Waals surface area contributed by atoms with Gasteiger partial charge in [0.15, 0.2) is 6.10 Å². The van der Waals surface area contributed by atoms with Gasteiger partial charge in [0.05, 0.1) is 0 Å². The zero-order valence-corrected chi connectivity index (χ0v) is 20.7. The van der Waals surface area contributed by atoms with E-state index in [0.717, 1.165) is 17.5 Å². The largest absolute Gasteiger partial charge is 0.490 e. The lowest BCUT2D eigenvalue weighted by molar-refractivity contribution is -0.154. The molecule has 0 aliphatic heterocycles. The molecule has 2 atom stereocenters. The summed E-state index contributed by atoms with van der Waals surface area (Å²) in [4.78, 5) is 24.6. The van der Waals surface area contributed by atoms with Crippen molar-refractivity contribution in [2.75, 3.05) is 13.2 Å². The van der Waals surface area contributed by atoms with Crippen LogP contribution < -0.4 is 4.74 Å². The van der Waals surface area contributed by atoms with Crippen LogP contribution in [0.2, 0.25) is 0 Å². The van der Waals surface area contributed by atoms with E-state index in [0.29, 0.717) is 11.7 Å². The lowest BCUT2D eigenvalue weighted by Gasteiger charge is -2.18. The minimum Gasteiger partial charge on any atom is -0.490 e. The van der Waals surface area contributed by atoms with Gasteiger partial charge in [-0.15, -0.1) is 0 Å². The lowest BCUT2D eigenvalue weighted by Crippen LogP contribution is -2.30. The fraction of sp³-hybridized carbons (Fsp3) is 0.226. The van der Waals surface area contributed by atoms with Crippen LogP contribution in [0, 0.1) is 0 Å². The minimum atomic E-state index is -0.777. The van der Waals surface area contributed by atoms with Crippen molar-refractivity contribution in [1.29, 1.82) is 0 Å². The van der Waals surface area contributed by atoms with Crippen LogP contribution in [0.25, 0.3) is 12.2 Å². The van der Waals surface area contributed by atoms with Gasteiger partial charge in [0, 0.05) is 12.2 Å². The number of esters is 2. The second-order valence-corrected chi connectivity index (χ2v) is 8.37. The number of hydrogen-bond acceptors (Lipinski definition) is 5. The summed E-state index contributed by atoms with van der Waals surface area (Å²) in [7, 11) is 0. The monoisotopic (exact) mass is 484 g/mol. The van der Waals surface area contributed by atoms with Gasteiger partial charge in [0.25, 0.3) is 0 Å². The third-order valence-corrected chi connectivity index (χ3v) is 5.61. The van der Waals surface area contributed by atoms with Gasteiger partial charge in [-0.25, -0.2) is 9.59 Å². The van der Waals surface area contributed by atoms with Gasteiger partial charge < -0.3 is 14.2 Å². The average molecular weight is 485 g/mol. The van der Waals surface area contributed by atoms with Crippen molar-refractivity contribution in [2.24, 2.45) is 0 Å². The second-order valence-electron chi connectivity index (χ2n) is 8.37. The molecule has 0 amide bonds. The maximum absolute atomic E-state index is 12.4. The van der Waals surface area contributed by atoms with Gasteiger partial charge in [-0.2, -0.15) is 0 Å². The first-order valence-electron chi connectivity index (χ1n) is 12.1. The first-order valence-corrected chi connectivity index (χ1v) is 12.1. The molecule has 0 saturated carbocycles. The Kier molecular flexibility index (Phi) is 10.5. The van der Waals surface area contributed by atoms with Crippen LogP contribution in [0.15, 0.2) is 97.1 Å². The summed E-state index contributed by atoms with van der Waals surface area (Å²) in [6.45, 7) is 4.24. The second kappa shape index (κ2) is 14.3. The Morgan fingerprint density at radius 1 is 0.750 bits per heavy atom. The third-order valence-electron chi connectivity index (χ3n) is 5.61. The molecule has 0 aromatic heterocycles. The van der Waals surface area contributed by atoms with Crippen molar-refractivity contribution < 1.29 is 23.8 Å². The van der Waals surface area contributed by atoms with Gasteiger partial charge in [-0.1, -0.05) is 86.6 Å². The summed E-state index contributed by atoms with van der Waals surface area (Å²) < 4.78 is 16.7. The van der Waals surface area contributed by atoms with E-state index < -0.39 is 18.0 Å². The van der Waals surface area contributed by atoms with Crippen LogP contribution in [-0.2, 0) is 19.1 Å². The maximum atomic E-state index is 12.4. The molecule has 0 aliphatic carbocycles. The van der Waals surface area contributed by atoms with Crippen LogP contribution in [0.1, 0.15) is 42.9 Å². The van der Waals surface area contributed by atoms with Crippen molar-refractivity contribution in [3.8, 4) is 5.75 Å². The van der Waals surface area contributed by atoms with Crippen molar-refractivity contribution in [3.05, 3.63) is 114 Å². The SMILES string of the molecule is CCC(C)c1ccc(OCC(COC(=O)/C=C/c2ccccc2)OC(=O)/C=C/c2ccccc2)cc1. The quantitative estimate of drug-likeness (QED) is 0.218. The first-order chi connectivity index (χ1) is 17.5. The maximum Gasteiger partial charge on any atom is 0.331 e. The summed E-state index contributed by atoms with van der Waals surface area (Å²) in [6.07, 6.45) is 6.31. The number of ether oxygens (including phenoxy) is 3. The molecule has 0 saturated heterocycles. The van der Waals surface area contributed by atoms with E-state index in [1.165, 1.54) is 17.7 Å². The Labute approximate surface area is 213 Å². The number of rotatable bonds is 12. The summed E-state index contributed by atoms with van der Waals surface area (Å²) in [5.74, 6) is 0.0406. The summed E-state index contributed by atoms with van der Waals surface area (Å²) in [5.41, 5.74) is 2.99. The first kappa shape index (κ1) is 26.5. The molecule has 0 aliphatic rings. The highest BCUT2D eigenvalue weighted by atomic mass is 16.6. The molecule has 2 unspecified atom stereocenters. The Morgan fingerprint density at radius 3 is 1.86 bits per heavy atom. The van der Waals surface area contributed by atoms with E-state index in [9.17, 15) is 9.59 Å². The highest BCUT2D eigenvalue weighted by Gasteiger charge is 2.17. The molecule has 0 fully saturated rings. The summed E-state index contributed by atoms with van der Waals surface area (Å²) in [5, 5.41) is 0. The van der Waals surface area contributed by atoms with Crippen molar-refractivity contribution >= 4 is 24.1 Å². The fourth-order valence-electron chi connectivity index (χ4n) is 3.32. The van der Waals surface area contributed by atoms with E-state index in [4.69, 9.17) is 14.2 Å². The van der Waals surface area contributed by atoms with Gasteiger partial charge in [-0.05, 0) is 53.3 Å². The smallest absolute Gasteiger partial charge is 0.331 e. The predicted octanol–water partition coefficient (Wildman–Crippen LogP) is 6.46. The topological polar surface area (TPSA) is 61.8 Å². The van der Waals surface area contributed by atoms with Crippen LogP contribution in [0.4, 0.5) is 0 Å². The van der Waals surface area contributed by atoms with E-state index in [2.05, 4.69) is 13.8 Å². The Morgan fingerprint density at radius 2 is 1.31 bits per heavy atom. The van der Waals surface area contributed by atoms with Gasteiger partial charge >= 0.3 is 11.9 Å². The van der Waals surface area contributed by atoms with Gasteiger partial charge in [0.2, 0.25) is 0 Å². The van der Waals surface area contributed by atoms with Crippen molar-refractivity contribution in [3.63, 3.8) is 0 Å². The Balaban J connectivity index is 1.60. The zero-order chi connectivity index (χ0) is 25.6. The molecular weight excluding hydrogens is 452 g/mol. The Bertz CT molecular complexity index is 1130. The highest BCUT2D eigenvalue weighted by molar-refractivity contribution is 5.88. The number of carbonyl (C=O) groups is 2. The molecular formula is C31H32O5. The molecule has 0 radical (unpaired) electrons. The fourth-order valence-corrected chi connectivity index (χ4v) is 3.32. The highest BCUT2D eigenvalue weighted by Crippen LogP contribution is 2.21. The minimum absolute atomic E-state index is 0.0449. The normalized spacial score (nSPS) is 12.8. The molecule has 36 heavy (non-hydrogen) atoms. The van der Waals surface area contributed by atoms with Crippen LogP contribution in [0.5, 0.6) is 5.75 Å². The van der Waals surface area contributed by atoms with E-state index in [1.807, 2.05) is 84.9 Å². The number of carbonyl (C=O) groups excluding carboxylic acids is 2. The molecule has 0 bridgehead atoms. The van der Waals surface area contributed by atoms with E-state index in [-0.39, 0.29) is 13.2 Å². The van der Waals surface area contributed by atoms with E-state index >= 15 is 0 Å². The van der Waals surface area contributed by atoms with Crippen LogP contribution in [0.3, 0.4) is 0 Å². The molecule has 0 N–H and O–H groups in total. The third kappa shape index (κ3) is 9.26. The zero-order valence-electron chi connectivity index (χ0n) is 20.7. The standard InChI is InChI=1S/C31H32O5/c1-3-24(2)27-16-18-28(19-17-27)34-22-29(36-31(33)21-15-26-12-8-5-9-13-26)23-35-30(32)20-14-25-10-6-4-7-11-25/h4-21,24,29H,3,22-23H2,1-2H3/b20-14+,21-15+. The molecule has 186 valence electrons. The summed E-state index contributed by atoms with van der Waals surface area (Å²) in [6, 6.07) is 26.7. The molecule has 3 rings (SSSR count). The molecule has 0 spiro atoms. The predicted molar refractivity (Wildman–Crippen MR) is 142 cm³/mol. The number of benzene rings is 3. The number of hydrogen-bond donors (Lipinski definition) is 0. The van der Waals surface area contributed by atoms with Crippen molar-refractivity contribution in [2.45, 2.75) is 32.3 Å². The molecule has 3 aromatic rings.